The van der Waals surface area contributed by atoms with Gasteiger partial charge in [-0.25, -0.2) is 13.6 Å². The first kappa shape index (κ1) is 18.6. The van der Waals surface area contributed by atoms with E-state index in [4.69, 9.17) is 0 Å². The van der Waals surface area contributed by atoms with Gasteiger partial charge in [0.15, 0.2) is 0 Å². The number of hydrogen-bond acceptors (Lipinski definition) is 3. The predicted octanol–water partition coefficient (Wildman–Crippen LogP) is 4.13. The molecular weight excluding hydrogens is 382 g/mol. The Labute approximate surface area is 165 Å². The third-order valence-electron chi connectivity index (χ3n) is 4.78. The van der Waals surface area contributed by atoms with Crippen molar-refractivity contribution in [3.05, 3.63) is 70.4 Å². The summed E-state index contributed by atoms with van der Waals surface area (Å²) in [6.07, 6.45) is 4.89. The Morgan fingerprint density at radius 2 is 2.04 bits per heavy atom. The van der Waals surface area contributed by atoms with Crippen LogP contribution in [-0.2, 0) is 19.5 Å². The minimum absolute atomic E-state index is 0.0569. The van der Waals surface area contributed by atoms with Crippen LogP contribution in [0.1, 0.15) is 16.0 Å². The predicted molar refractivity (Wildman–Crippen MR) is 106 cm³/mol. The van der Waals surface area contributed by atoms with Gasteiger partial charge in [-0.1, -0.05) is 0 Å². The van der Waals surface area contributed by atoms with Crippen molar-refractivity contribution in [3.8, 4) is 5.00 Å². The lowest BCUT2D eigenvalue weighted by Crippen LogP contribution is -2.30. The number of urea groups is 1. The maximum Gasteiger partial charge on any atom is 0.319 e. The first-order valence-corrected chi connectivity index (χ1v) is 9.78. The number of carbonyl (C=O) groups is 1. The minimum Gasteiger partial charge on any atom is -0.334 e. The van der Waals surface area contributed by atoms with Crippen LogP contribution in [0.2, 0.25) is 0 Å². The number of hydrogen-bond donors (Lipinski definition) is 2. The van der Waals surface area contributed by atoms with Gasteiger partial charge in [0.05, 0.1) is 5.69 Å². The average molecular weight is 402 g/mol. The first-order chi connectivity index (χ1) is 13.5. The lowest BCUT2D eigenvalue weighted by molar-refractivity contribution is 0.251. The molecule has 146 valence electrons. The number of aromatic nitrogens is 1. The topological polar surface area (TPSA) is 49.3 Å². The van der Waals surface area contributed by atoms with Crippen LogP contribution in [0.25, 0.3) is 5.00 Å². The third kappa shape index (κ3) is 3.79. The van der Waals surface area contributed by atoms with Crippen molar-refractivity contribution in [1.82, 2.24) is 14.8 Å². The molecule has 0 unspecified atom stereocenters. The molecule has 0 atom stereocenters. The van der Waals surface area contributed by atoms with Gasteiger partial charge < -0.3 is 20.1 Å². The summed E-state index contributed by atoms with van der Waals surface area (Å²) in [5.41, 5.74) is 2.30. The Bertz CT molecular complexity index is 1000. The molecule has 4 rings (SSSR count). The zero-order valence-corrected chi connectivity index (χ0v) is 16.2. The highest BCUT2D eigenvalue weighted by Crippen LogP contribution is 2.35. The van der Waals surface area contributed by atoms with Gasteiger partial charge in [-0.3, -0.25) is 0 Å². The van der Waals surface area contributed by atoms with Crippen LogP contribution in [0.15, 0.2) is 42.7 Å². The van der Waals surface area contributed by atoms with E-state index in [0.717, 1.165) is 42.2 Å². The zero-order chi connectivity index (χ0) is 19.7. The molecule has 0 radical (unpaired) electrons. The first-order valence-electron chi connectivity index (χ1n) is 8.96. The summed E-state index contributed by atoms with van der Waals surface area (Å²) in [5, 5.41) is 6.33. The summed E-state index contributed by atoms with van der Waals surface area (Å²) in [6.45, 7) is 2.19. The summed E-state index contributed by atoms with van der Waals surface area (Å²) in [5.74, 6) is -1.49. The summed E-state index contributed by atoms with van der Waals surface area (Å²) >= 11 is 1.73. The Morgan fingerprint density at radius 3 is 2.79 bits per heavy atom. The van der Waals surface area contributed by atoms with E-state index in [1.807, 2.05) is 24.5 Å². The number of amides is 2. The van der Waals surface area contributed by atoms with Gasteiger partial charge in [-0.2, -0.15) is 0 Å². The Hall–Kier alpha value is -2.71. The minimum atomic E-state index is -0.806. The molecule has 1 aromatic carbocycles. The summed E-state index contributed by atoms with van der Waals surface area (Å²) < 4.78 is 28.8. The van der Waals surface area contributed by atoms with Crippen molar-refractivity contribution < 1.29 is 13.6 Å². The van der Waals surface area contributed by atoms with Crippen molar-refractivity contribution in [2.75, 3.05) is 18.9 Å². The molecule has 28 heavy (non-hydrogen) atoms. The van der Waals surface area contributed by atoms with E-state index in [1.54, 1.807) is 11.3 Å². The van der Waals surface area contributed by atoms with Gasteiger partial charge in [0.2, 0.25) is 0 Å². The molecule has 0 fully saturated rings. The number of anilines is 1. The second kappa shape index (κ2) is 7.73. The van der Waals surface area contributed by atoms with Gasteiger partial charge in [0.25, 0.3) is 0 Å². The quantitative estimate of drug-likeness (QED) is 0.690. The fraction of sp³-hybridized carbons (Fsp3) is 0.250. The second-order valence-corrected chi connectivity index (χ2v) is 7.88. The van der Waals surface area contributed by atoms with Crippen LogP contribution >= 0.6 is 11.3 Å². The van der Waals surface area contributed by atoms with Crippen LogP contribution in [-0.4, -0.2) is 29.1 Å². The molecule has 1 aliphatic rings. The van der Waals surface area contributed by atoms with Crippen LogP contribution in [0.4, 0.5) is 19.3 Å². The van der Waals surface area contributed by atoms with E-state index in [0.29, 0.717) is 6.54 Å². The van der Waals surface area contributed by atoms with Crippen molar-refractivity contribution in [2.24, 2.45) is 0 Å². The highest BCUT2D eigenvalue weighted by molar-refractivity contribution is 7.14. The highest BCUT2D eigenvalue weighted by Gasteiger charge is 2.23. The molecule has 2 N–H and O–H groups in total. The van der Waals surface area contributed by atoms with Crippen LogP contribution in [0, 0.1) is 11.6 Å². The number of halogens is 2. The summed E-state index contributed by atoms with van der Waals surface area (Å²) in [4.78, 5) is 15.9. The molecular formula is C20H20F2N4OS. The average Bonchev–Trinajstić information content (AvgIpc) is 3.29. The van der Waals surface area contributed by atoms with Gasteiger partial charge in [0.1, 0.15) is 16.6 Å². The summed E-state index contributed by atoms with van der Waals surface area (Å²) in [7, 11) is 2.10. The Kier molecular flexibility index (Phi) is 5.15. The van der Waals surface area contributed by atoms with Crippen LogP contribution in [0.5, 0.6) is 0 Å². The molecule has 0 bridgehead atoms. The monoisotopic (exact) mass is 402 g/mol. The highest BCUT2D eigenvalue weighted by atomic mass is 32.1. The number of nitrogens with zero attached hydrogens (tertiary/aromatic N) is 2. The van der Waals surface area contributed by atoms with Crippen molar-refractivity contribution in [1.29, 1.82) is 0 Å². The Morgan fingerprint density at radius 1 is 1.25 bits per heavy atom. The normalized spacial score (nSPS) is 14.0. The fourth-order valence-corrected chi connectivity index (χ4v) is 4.78. The smallest absolute Gasteiger partial charge is 0.319 e. The van der Waals surface area contributed by atoms with E-state index >= 15 is 0 Å². The lowest BCUT2D eigenvalue weighted by atomic mass is 10.0. The maximum absolute atomic E-state index is 13.7. The molecule has 0 saturated carbocycles. The summed E-state index contributed by atoms with van der Waals surface area (Å²) in [6, 6.07) is 6.45. The van der Waals surface area contributed by atoms with Crippen molar-refractivity contribution in [2.45, 2.75) is 19.5 Å². The SMILES string of the molecule is CN1CCc2c(sc(-n3cccc3)c2CNC(=O)Nc2ccc(F)cc2F)C1. The van der Waals surface area contributed by atoms with Crippen LogP contribution in [0.3, 0.4) is 0 Å². The van der Waals surface area contributed by atoms with Gasteiger partial charge in [0, 0.05) is 48.5 Å². The maximum atomic E-state index is 13.7. The zero-order valence-electron chi connectivity index (χ0n) is 15.3. The van der Waals surface area contributed by atoms with E-state index in [-0.39, 0.29) is 5.69 Å². The van der Waals surface area contributed by atoms with Gasteiger partial charge in [-0.05, 0) is 43.3 Å². The standard InChI is InChI=1S/C20H20F2N4OS/c1-25-9-6-14-15(19(28-18(14)12-25)26-7-2-3-8-26)11-23-20(27)24-17-5-4-13(21)10-16(17)22/h2-5,7-8,10H,6,9,11-12H2,1H3,(H2,23,24,27). The fourth-order valence-electron chi connectivity index (χ4n) is 3.37. The van der Waals surface area contributed by atoms with Gasteiger partial charge in [-0.15, -0.1) is 11.3 Å². The molecule has 0 spiro atoms. The molecule has 3 aromatic rings. The number of carbonyl (C=O) groups excluding carboxylic acids is 1. The van der Waals surface area contributed by atoms with E-state index < -0.39 is 17.7 Å². The number of likely N-dealkylation sites (N-methyl/N-ethyl adjacent to an activating group) is 1. The molecule has 2 amide bonds. The molecule has 3 heterocycles. The van der Waals surface area contributed by atoms with Gasteiger partial charge >= 0.3 is 6.03 Å². The molecule has 2 aromatic heterocycles. The molecule has 8 heteroatoms. The molecule has 1 aliphatic heterocycles. The van der Waals surface area contributed by atoms with Crippen molar-refractivity contribution >= 4 is 23.1 Å². The van der Waals surface area contributed by atoms with Crippen LogP contribution < -0.4 is 10.6 Å². The number of nitrogens with one attached hydrogen (secondary N) is 2. The molecule has 0 aliphatic carbocycles. The number of benzene rings is 1. The van der Waals surface area contributed by atoms with E-state index in [2.05, 4.69) is 27.1 Å². The number of fused-ring (bicyclic) bond motifs is 1. The number of rotatable bonds is 4. The second-order valence-electron chi connectivity index (χ2n) is 6.80. The molecule has 0 saturated heterocycles. The third-order valence-corrected chi connectivity index (χ3v) is 6.05. The largest absolute Gasteiger partial charge is 0.334 e. The number of thiophene rings is 1. The van der Waals surface area contributed by atoms with E-state index in [9.17, 15) is 13.6 Å². The lowest BCUT2D eigenvalue weighted by Gasteiger charge is -2.22. The van der Waals surface area contributed by atoms with Crippen molar-refractivity contribution in [3.63, 3.8) is 0 Å². The van der Waals surface area contributed by atoms with E-state index in [1.165, 1.54) is 16.5 Å². The Balaban J connectivity index is 1.53. The molecule has 5 nitrogen and oxygen atoms in total.